The first-order valence-corrected chi connectivity index (χ1v) is 21.9. The molecule has 1 heterocycles. The molecule has 6 aromatic carbocycles. The van der Waals surface area contributed by atoms with E-state index in [0.717, 1.165) is 58.5 Å². The molecule has 0 saturated carbocycles. The molecule has 2 N–H and O–H groups in total. The van der Waals surface area contributed by atoms with Crippen LogP contribution in [0.15, 0.2) is 210 Å². The lowest BCUT2D eigenvalue weighted by Crippen LogP contribution is -2.07. The molecule has 2 atom stereocenters. The van der Waals surface area contributed by atoms with Crippen LogP contribution in [0.1, 0.15) is 59.3 Å². The first-order chi connectivity index (χ1) is 31.6. The summed E-state index contributed by atoms with van der Waals surface area (Å²) < 4.78 is 24.3. The van der Waals surface area contributed by atoms with Gasteiger partial charge in [0.1, 0.15) is 11.5 Å². The molecule has 0 aliphatic carbocycles. The van der Waals surface area contributed by atoms with Crippen molar-refractivity contribution in [2.24, 2.45) is 15.7 Å². The maximum absolute atomic E-state index is 6.18. The summed E-state index contributed by atoms with van der Waals surface area (Å²) in [6, 6.07) is 53.4. The van der Waals surface area contributed by atoms with Gasteiger partial charge in [-0.3, -0.25) is 15.0 Å². The smallest absolute Gasteiger partial charge is 0.137 e. The highest BCUT2D eigenvalue weighted by Crippen LogP contribution is 2.23. The van der Waals surface area contributed by atoms with E-state index < -0.39 is 0 Å². The Labute approximate surface area is 377 Å². The van der Waals surface area contributed by atoms with Crippen molar-refractivity contribution >= 4 is 34.0 Å². The molecular weight excluding hydrogens is 793 g/mol. The Kier molecular flexibility index (Phi) is 17.2. The molecule has 0 fully saturated rings. The van der Waals surface area contributed by atoms with Crippen molar-refractivity contribution < 1.29 is 18.9 Å². The van der Waals surface area contributed by atoms with Crippen molar-refractivity contribution in [2.45, 2.75) is 44.6 Å². The molecule has 0 amide bonds. The molecule has 0 bridgehead atoms. The summed E-state index contributed by atoms with van der Waals surface area (Å²) in [6.07, 6.45) is 13.1. The topological polar surface area (TPSA) is 101 Å². The maximum atomic E-state index is 6.18. The van der Waals surface area contributed by atoms with E-state index in [1.807, 2.05) is 60.7 Å². The van der Waals surface area contributed by atoms with Crippen molar-refractivity contribution in [2.75, 3.05) is 26.4 Å². The second-order valence-corrected chi connectivity index (χ2v) is 15.5. The minimum atomic E-state index is -0.177. The van der Waals surface area contributed by atoms with Gasteiger partial charge in [-0.1, -0.05) is 146 Å². The third-order valence-corrected chi connectivity index (χ3v) is 10.6. The van der Waals surface area contributed by atoms with Gasteiger partial charge in [-0.2, -0.15) is 0 Å². The molecule has 0 unspecified atom stereocenters. The zero-order chi connectivity index (χ0) is 44.0. The number of pyridine rings is 1. The molecule has 0 spiro atoms. The standard InChI is InChI=1S/C56H56N4O4/c1-43(36-59-55(48-17-5-2-6-18-48)41-61-39-44-24-26-46-15-9-11-21-50(46)33-44)23-29-53(35-57)63-31-13-4-14-32-64-54-30-28-52(58-38-54)37-60-56(49-19-7-3-8-20-49)42-62-40-45-25-27-47-16-10-12-22-51(47)34-45/h2-3,5-12,15-30,33-38,55-56H,1,4,13-14,31-32,39-42,57H2/b29-23-,53-35+,59-36+,60-37+/t55-,56-/m0/s1. The number of allylic oxidation sites excluding steroid dienone is 3. The van der Waals surface area contributed by atoms with E-state index in [-0.39, 0.29) is 12.1 Å². The van der Waals surface area contributed by atoms with Crippen LogP contribution in [0.3, 0.4) is 0 Å². The molecule has 64 heavy (non-hydrogen) atoms. The third-order valence-electron chi connectivity index (χ3n) is 10.6. The summed E-state index contributed by atoms with van der Waals surface area (Å²) >= 11 is 0. The summed E-state index contributed by atoms with van der Waals surface area (Å²) in [5.41, 5.74) is 11.8. The lowest BCUT2D eigenvalue weighted by Gasteiger charge is -2.14. The number of nitrogens with two attached hydrogens (primary N) is 1. The molecular formula is C56H56N4O4. The van der Waals surface area contributed by atoms with E-state index in [0.29, 0.717) is 45.4 Å². The Morgan fingerprint density at radius 1 is 0.594 bits per heavy atom. The molecule has 8 nitrogen and oxygen atoms in total. The number of aliphatic imine (C=N–C) groups is 2. The Morgan fingerprint density at radius 2 is 1.16 bits per heavy atom. The Hall–Kier alpha value is -7.13. The number of unbranched alkanes of at least 4 members (excludes halogenated alkanes) is 2. The van der Waals surface area contributed by atoms with E-state index in [2.05, 4.69) is 121 Å². The van der Waals surface area contributed by atoms with Crippen LogP contribution in [0.4, 0.5) is 0 Å². The molecule has 324 valence electrons. The predicted octanol–water partition coefficient (Wildman–Crippen LogP) is 12.3. The number of aromatic nitrogens is 1. The molecule has 0 aliphatic heterocycles. The van der Waals surface area contributed by atoms with E-state index >= 15 is 0 Å². The van der Waals surface area contributed by atoms with Gasteiger partial charge in [0, 0.05) is 18.6 Å². The van der Waals surface area contributed by atoms with Crippen molar-refractivity contribution in [3.63, 3.8) is 0 Å². The fourth-order valence-corrected chi connectivity index (χ4v) is 7.09. The Balaban J connectivity index is 0.794. The number of ether oxygens (including phenoxy) is 4. The van der Waals surface area contributed by atoms with E-state index in [9.17, 15) is 0 Å². The van der Waals surface area contributed by atoms with Crippen LogP contribution in [0.5, 0.6) is 5.75 Å². The highest BCUT2D eigenvalue weighted by molar-refractivity contribution is 5.84. The van der Waals surface area contributed by atoms with E-state index in [4.69, 9.17) is 34.7 Å². The van der Waals surface area contributed by atoms with Crippen molar-refractivity contribution in [1.29, 1.82) is 0 Å². The van der Waals surface area contributed by atoms with Gasteiger partial charge in [0.15, 0.2) is 0 Å². The quantitative estimate of drug-likeness (QED) is 0.0281. The average Bonchev–Trinajstić information content (AvgIpc) is 3.35. The van der Waals surface area contributed by atoms with Crippen LogP contribution in [0.25, 0.3) is 21.5 Å². The second kappa shape index (κ2) is 24.5. The maximum Gasteiger partial charge on any atom is 0.137 e. The Bertz CT molecular complexity index is 2640. The van der Waals surface area contributed by atoms with Crippen LogP contribution in [-0.4, -0.2) is 43.8 Å². The molecule has 8 heteroatoms. The molecule has 1 aromatic heterocycles. The number of hydrogen-bond acceptors (Lipinski definition) is 8. The Morgan fingerprint density at radius 3 is 1.73 bits per heavy atom. The van der Waals surface area contributed by atoms with Crippen molar-refractivity contribution in [1.82, 2.24) is 4.98 Å². The van der Waals surface area contributed by atoms with Crippen LogP contribution >= 0.6 is 0 Å². The summed E-state index contributed by atoms with van der Waals surface area (Å²) in [6.45, 7) is 7.19. The van der Waals surface area contributed by atoms with Crippen LogP contribution in [0.2, 0.25) is 0 Å². The van der Waals surface area contributed by atoms with E-state index in [1.165, 1.54) is 27.7 Å². The first-order valence-electron chi connectivity index (χ1n) is 21.9. The van der Waals surface area contributed by atoms with Gasteiger partial charge in [-0.25, -0.2) is 0 Å². The average molecular weight is 849 g/mol. The van der Waals surface area contributed by atoms with Gasteiger partial charge in [-0.05, 0) is 99.0 Å². The SMILES string of the molecule is C=C(/C=C\C(=C/N)OCCCCCOc1ccc(/C=N/[C@@H](COCc2ccc3ccccc3c2)c2ccccc2)nc1)/C=N/[C@@H](COCc1ccc2ccccc2c1)c1ccccc1. The van der Waals surface area contributed by atoms with Gasteiger partial charge in [0.2, 0.25) is 0 Å². The molecule has 7 aromatic rings. The normalized spacial score (nSPS) is 13.0. The minimum Gasteiger partial charge on any atom is -0.492 e. The highest BCUT2D eigenvalue weighted by Gasteiger charge is 2.12. The monoisotopic (exact) mass is 848 g/mol. The lowest BCUT2D eigenvalue weighted by atomic mass is 10.1. The summed E-state index contributed by atoms with van der Waals surface area (Å²) in [7, 11) is 0. The zero-order valence-electron chi connectivity index (χ0n) is 36.3. The number of fused-ring (bicyclic) bond motifs is 2. The highest BCUT2D eigenvalue weighted by atomic mass is 16.5. The van der Waals surface area contributed by atoms with Gasteiger partial charge < -0.3 is 24.7 Å². The minimum absolute atomic E-state index is 0.160. The number of rotatable bonds is 24. The third kappa shape index (κ3) is 14.2. The van der Waals surface area contributed by atoms with Gasteiger partial charge in [0.25, 0.3) is 0 Å². The summed E-state index contributed by atoms with van der Waals surface area (Å²) in [5, 5.41) is 4.85. The van der Waals surface area contributed by atoms with E-state index in [1.54, 1.807) is 18.6 Å². The van der Waals surface area contributed by atoms with Crippen molar-refractivity contribution in [3.8, 4) is 5.75 Å². The second-order valence-electron chi connectivity index (χ2n) is 15.5. The van der Waals surface area contributed by atoms with Crippen molar-refractivity contribution in [3.05, 3.63) is 228 Å². The number of nitrogens with zero attached hydrogens (tertiary/aromatic N) is 3. The first kappa shape index (κ1) is 44.9. The number of hydrogen-bond donors (Lipinski definition) is 1. The lowest BCUT2D eigenvalue weighted by molar-refractivity contribution is 0.108. The largest absolute Gasteiger partial charge is 0.492 e. The fourth-order valence-electron chi connectivity index (χ4n) is 7.09. The van der Waals surface area contributed by atoms with Gasteiger partial charge >= 0.3 is 0 Å². The van der Waals surface area contributed by atoms with Gasteiger partial charge in [-0.15, -0.1) is 0 Å². The summed E-state index contributed by atoms with van der Waals surface area (Å²) in [5.74, 6) is 1.29. The van der Waals surface area contributed by atoms with Crippen LogP contribution in [0, 0.1) is 0 Å². The van der Waals surface area contributed by atoms with Crippen LogP contribution in [-0.2, 0) is 27.4 Å². The van der Waals surface area contributed by atoms with Crippen LogP contribution < -0.4 is 10.5 Å². The number of benzene rings is 6. The summed E-state index contributed by atoms with van der Waals surface area (Å²) in [4.78, 5) is 14.3. The predicted molar refractivity (Wildman–Crippen MR) is 262 cm³/mol. The molecule has 0 radical (unpaired) electrons. The molecule has 0 saturated heterocycles. The zero-order valence-corrected chi connectivity index (χ0v) is 36.3. The van der Waals surface area contributed by atoms with Gasteiger partial charge in [0.05, 0.1) is 63.6 Å². The molecule has 0 aliphatic rings. The fraction of sp³-hybridized carbons (Fsp3) is 0.196. The molecule has 7 rings (SSSR count).